The maximum atomic E-state index is 12.9. The van der Waals surface area contributed by atoms with Gasteiger partial charge in [-0.1, -0.05) is 6.07 Å². The van der Waals surface area contributed by atoms with Gasteiger partial charge in [0.05, 0.1) is 31.0 Å². The van der Waals surface area contributed by atoms with E-state index in [0.717, 1.165) is 11.1 Å². The molecule has 2 aliphatic heterocycles. The van der Waals surface area contributed by atoms with Crippen molar-refractivity contribution in [3.63, 3.8) is 0 Å². The van der Waals surface area contributed by atoms with Crippen molar-refractivity contribution < 1.29 is 23.0 Å². The van der Waals surface area contributed by atoms with Crippen molar-refractivity contribution in [2.45, 2.75) is 38.6 Å². The minimum Gasteiger partial charge on any atom is -0.507 e. The summed E-state index contributed by atoms with van der Waals surface area (Å²) in [5, 5.41) is 19.0. The first kappa shape index (κ1) is 20.9. The smallest absolute Gasteiger partial charge is 0.401 e. The molecular formula is C21H25F3N4O2. The summed E-state index contributed by atoms with van der Waals surface area (Å²) in [6.07, 6.45) is -3.78. The van der Waals surface area contributed by atoms with Crippen LogP contribution >= 0.6 is 0 Å². The average molecular weight is 422 g/mol. The Morgan fingerprint density at radius 1 is 1.17 bits per heavy atom. The fourth-order valence-electron chi connectivity index (χ4n) is 4.51. The summed E-state index contributed by atoms with van der Waals surface area (Å²) in [5.74, 6) is 0.756. The van der Waals surface area contributed by atoms with Gasteiger partial charge >= 0.3 is 6.18 Å². The fourth-order valence-corrected chi connectivity index (χ4v) is 4.51. The highest BCUT2D eigenvalue weighted by Crippen LogP contribution is 2.33. The number of aromatic hydroxyl groups is 1. The number of phenols is 1. The quantitative estimate of drug-likeness (QED) is 0.819. The lowest BCUT2D eigenvalue weighted by molar-refractivity contribution is -0.153. The van der Waals surface area contributed by atoms with Crippen LogP contribution < -0.4 is 4.90 Å². The third kappa shape index (κ3) is 4.37. The predicted octanol–water partition coefficient (Wildman–Crippen LogP) is 3.31. The number of fused-ring (bicyclic) bond motifs is 1. The molecule has 0 saturated carbocycles. The van der Waals surface area contributed by atoms with Gasteiger partial charge in [0, 0.05) is 25.2 Å². The lowest BCUT2D eigenvalue weighted by Crippen LogP contribution is -2.61. The van der Waals surface area contributed by atoms with E-state index in [-0.39, 0.29) is 24.4 Å². The number of aromatic nitrogens is 2. The zero-order chi connectivity index (χ0) is 21.5. The number of halogens is 3. The molecule has 0 unspecified atom stereocenters. The van der Waals surface area contributed by atoms with Crippen LogP contribution in [0.1, 0.15) is 17.5 Å². The maximum absolute atomic E-state index is 12.9. The molecule has 162 valence electrons. The number of alkyl halides is 3. The second-order valence-electron chi connectivity index (χ2n) is 8.06. The zero-order valence-corrected chi connectivity index (χ0v) is 17.0. The van der Waals surface area contributed by atoms with Crippen molar-refractivity contribution in [1.82, 2.24) is 15.1 Å². The van der Waals surface area contributed by atoms with E-state index in [1.54, 1.807) is 12.1 Å². The molecule has 2 atom stereocenters. The molecule has 1 aromatic heterocycles. The highest BCUT2D eigenvalue weighted by atomic mass is 19.4. The van der Waals surface area contributed by atoms with Crippen LogP contribution in [-0.2, 0) is 4.74 Å². The lowest BCUT2D eigenvalue weighted by atomic mass is 9.98. The van der Waals surface area contributed by atoms with Crippen LogP contribution in [0, 0.1) is 13.8 Å². The minimum absolute atomic E-state index is 0.118. The number of ether oxygens (including phenoxy) is 1. The number of benzene rings is 1. The SMILES string of the molecule is Cc1cc(C)c(-c2ccc(N3CCO[C@@H]4CCN(CC(F)(F)F)C[C@@H]43)nn2)c(O)c1. The van der Waals surface area contributed by atoms with Crippen LogP contribution in [0.15, 0.2) is 24.3 Å². The number of likely N-dealkylation sites (tertiary alicyclic amines) is 1. The van der Waals surface area contributed by atoms with Crippen LogP contribution in [0.25, 0.3) is 11.3 Å². The molecular weight excluding hydrogens is 397 g/mol. The van der Waals surface area contributed by atoms with Crippen molar-refractivity contribution >= 4 is 5.82 Å². The normalized spacial score (nSPS) is 22.8. The summed E-state index contributed by atoms with van der Waals surface area (Å²) in [6, 6.07) is 7.05. The van der Waals surface area contributed by atoms with Gasteiger partial charge in [-0.25, -0.2) is 0 Å². The maximum Gasteiger partial charge on any atom is 0.401 e. The number of hydrogen-bond donors (Lipinski definition) is 1. The Bertz CT molecular complexity index is 881. The van der Waals surface area contributed by atoms with Crippen molar-refractivity contribution in [3.05, 3.63) is 35.4 Å². The van der Waals surface area contributed by atoms with Crippen molar-refractivity contribution in [2.24, 2.45) is 0 Å². The second-order valence-corrected chi connectivity index (χ2v) is 8.06. The third-order valence-corrected chi connectivity index (χ3v) is 5.73. The molecule has 0 bridgehead atoms. The summed E-state index contributed by atoms with van der Waals surface area (Å²) in [5.41, 5.74) is 3.05. The molecule has 2 aromatic rings. The number of piperidine rings is 1. The highest BCUT2D eigenvalue weighted by Gasteiger charge is 2.41. The topological polar surface area (TPSA) is 61.7 Å². The van der Waals surface area contributed by atoms with E-state index in [2.05, 4.69) is 10.2 Å². The Balaban J connectivity index is 1.56. The first-order valence-corrected chi connectivity index (χ1v) is 10.0. The summed E-state index contributed by atoms with van der Waals surface area (Å²) >= 11 is 0. The lowest BCUT2D eigenvalue weighted by Gasteiger charge is -2.47. The molecule has 4 rings (SSSR count). The minimum atomic E-state index is -4.22. The standard InChI is InChI=1S/C21H25F3N4O2/c1-13-9-14(2)20(17(29)10-13)15-3-4-19(26-25-15)28-7-8-30-18-5-6-27(11-16(18)28)12-21(22,23)24/h3-4,9-10,16,18,29H,5-8,11-12H2,1-2H3/t16-,18+/m0/s1. The van der Waals surface area contributed by atoms with E-state index in [0.29, 0.717) is 43.2 Å². The molecule has 1 aromatic carbocycles. The van der Waals surface area contributed by atoms with E-state index in [1.807, 2.05) is 30.9 Å². The average Bonchev–Trinajstić information content (AvgIpc) is 2.66. The van der Waals surface area contributed by atoms with Crippen LogP contribution in [0.2, 0.25) is 0 Å². The summed E-state index contributed by atoms with van der Waals surface area (Å²) in [6.45, 7) is 4.58. The van der Waals surface area contributed by atoms with Gasteiger partial charge in [-0.05, 0) is 49.6 Å². The first-order valence-electron chi connectivity index (χ1n) is 10.0. The molecule has 9 heteroatoms. The fraction of sp³-hybridized carbons (Fsp3) is 0.524. The van der Waals surface area contributed by atoms with E-state index in [1.165, 1.54) is 4.90 Å². The number of morpholine rings is 1. The Hall–Kier alpha value is -2.39. The largest absolute Gasteiger partial charge is 0.507 e. The first-order chi connectivity index (χ1) is 14.2. The van der Waals surface area contributed by atoms with Gasteiger partial charge in [0.25, 0.3) is 0 Å². The van der Waals surface area contributed by atoms with E-state index in [4.69, 9.17) is 4.74 Å². The van der Waals surface area contributed by atoms with Crippen molar-refractivity contribution in [2.75, 3.05) is 37.7 Å². The van der Waals surface area contributed by atoms with Crippen LogP contribution in [0.4, 0.5) is 19.0 Å². The van der Waals surface area contributed by atoms with Crippen LogP contribution in [0.5, 0.6) is 5.75 Å². The van der Waals surface area contributed by atoms with Gasteiger partial charge in [0.15, 0.2) is 5.82 Å². The summed E-state index contributed by atoms with van der Waals surface area (Å²) in [4.78, 5) is 3.42. The van der Waals surface area contributed by atoms with E-state index >= 15 is 0 Å². The van der Waals surface area contributed by atoms with Gasteiger partial charge in [-0.2, -0.15) is 13.2 Å². The zero-order valence-electron chi connectivity index (χ0n) is 17.0. The van der Waals surface area contributed by atoms with Crippen LogP contribution in [0.3, 0.4) is 0 Å². The number of hydrogen-bond acceptors (Lipinski definition) is 6. The molecule has 0 radical (unpaired) electrons. The second kappa shape index (κ2) is 8.03. The number of phenolic OH excluding ortho intramolecular Hbond substituents is 1. The van der Waals surface area contributed by atoms with Crippen molar-refractivity contribution in [1.29, 1.82) is 0 Å². The number of rotatable bonds is 3. The van der Waals surface area contributed by atoms with Crippen LogP contribution in [-0.4, -0.2) is 71.3 Å². The molecule has 2 aliphatic rings. The molecule has 30 heavy (non-hydrogen) atoms. The Labute approximate surface area is 173 Å². The van der Waals surface area contributed by atoms with Crippen molar-refractivity contribution in [3.8, 4) is 17.0 Å². The van der Waals surface area contributed by atoms with E-state index in [9.17, 15) is 18.3 Å². The number of nitrogens with zero attached hydrogens (tertiary/aromatic N) is 4. The molecule has 3 heterocycles. The Morgan fingerprint density at radius 2 is 1.97 bits per heavy atom. The van der Waals surface area contributed by atoms with Gasteiger partial charge in [-0.15, -0.1) is 10.2 Å². The molecule has 0 aliphatic carbocycles. The van der Waals surface area contributed by atoms with Gasteiger partial charge in [0.2, 0.25) is 0 Å². The molecule has 0 spiro atoms. The van der Waals surface area contributed by atoms with Gasteiger partial charge < -0.3 is 14.7 Å². The summed E-state index contributed by atoms with van der Waals surface area (Å²) in [7, 11) is 0. The monoisotopic (exact) mass is 422 g/mol. The Kier molecular flexibility index (Phi) is 5.59. The third-order valence-electron chi connectivity index (χ3n) is 5.73. The molecule has 2 fully saturated rings. The number of aryl methyl sites for hydroxylation is 2. The molecule has 0 amide bonds. The van der Waals surface area contributed by atoms with E-state index < -0.39 is 12.7 Å². The predicted molar refractivity (Wildman–Crippen MR) is 107 cm³/mol. The highest BCUT2D eigenvalue weighted by molar-refractivity contribution is 5.71. The Morgan fingerprint density at radius 3 is 2.63 bits per heavy atom. The van der Waals surface area contributed by atoms with Gasteiger partial charge in [0.1, 0.15) is 5.75 Å². The molecule has 2 saturated heterocycles. The molecule has 1 N–H and O–H groups in total. The number of anilines is 1. The summed E-state index contributed by atoms with van der Waals surface area (Å²) < 4.78 is 44.4. The molecule has 6 nitrogen and oxygen atoms in total. The van der Waals surface area contributed by atoms with Gasteiger partial charge in [-0.3, -0.25) is 4.90 Å².